The lowest BCUT2D eigenvalue weighted by Crippen LogP contribution is -2.29. The van der Waals surface area contributed by atoms with Crippen molar-refractivity contribution in [2.45, 2.75) is 57.0 Å². The summed E-state index contributed by atoms with van der Waals surface area (Å²) in [5.41, 5.74) is 2.84. The van der Waals surface area contributed by atoms with Crippen molar-refractivity contribution < 1.29 is 5.11 Å². The van der Waals surface area contributed by atoms with Crippen LogP contribution in [0, 0.1) is 5.92 Å². The van der Waals surface area contributed by atoms with Crippen LogP contribution in [0.3, 0.4) is 0 Å². The quantitative estimate of drug-likeness (QED) is 0.837. The first-order chi connectivity index (χ1) is 8.34. The Balaban J connectivity index is 1.52. The van der Waals surface area contributed by atoms with Crippen LogP contribution >= 0.6 is 0 Å². The van der Waals surface area contributed by atoms with Crippen LogP contribution < -0.4 is 0 Å². The summed E-state index contributed by atoms with van der Waals surface area (Å²) in [5, 5.41) is 10.3. The molecule has 1 heteroatoms. The molecule has 0 saturated heterocycles. The van der Waals surface area contributed by atoms with Crippen LogP contribution in [0.4, 0.5) is 0 Å². The minimum absolute atomic E-state index is 0.106. The topological polar surface area (TPSA) is 20.2 Å². The molecule has 0 bridgehead atoms. The molecule has 3 rings (SSSR count). The largest absolute Gasteiger partial charge is 0.392 e. The summed E-state index contributed by atoms with van der Waals surface area (Å²) in [6, 6.07) is 8.56. The summed E-state index contributed by atoms with van der Waals surface area (Å²) in [4.78, 5) is 0. The summed E-state index contributed by atoms with van der Waals surface area (Å²) in [6.07, 6.45) is 8.83. The minimum Gasteiger partial charge on any atom is -0.392 e. The first kappa shape index (κ1) is 11.3. The average molecular weight is 230 g/mol. The van der Waals surface area contributed by atoms with E-state index in [1.54, 1.807) is 0 Å². The zero-order valence-corrected chi connectivity index (χ0v) is 10.4. The highest BCUT2D eigenvalue weighted by Gasteiger charge is 2.31. The molecule has 0 radical (unpaired) electrons. The average Bonchev–Trinajstić information content (AvgIpc) is 2.81. The van der Waals surface area contributed by atoms with E-state index < -0.39 is 0 Å². The smallest absolute Gasteiger partial charge is 0.0612 e. The van der Waals surface area contributed by atoms with Crippen LogP contribution in [0.1, 0.15) is 55.6 Å². The number of hydrogen-bond donors (Lipinski definition) is 1. The van der Waals surface area contributed by atoms with Gasteiger partial charge >= 0.3 is 0 Å². The van der Waals surface area contributed by atoms with Crippen molar-refractivity contribution in [2.75, 3.05) is 0 Å². The second kappa shape index (κ2) is 4.81. The van der Waals surface area contributed by atoms with E-state index in [2.05, 4.69) is 24.3 Å². The first-order valence-corrected chi connectivity index (χ1v) is 7.10. The molecule has 2 atom stereocenters. The van der Waals surface area contributed by atoms with Gasteiger partial charge in [0.05, 0.1) is 6.10 Å². The number of fused-ring (bicyclic) bond motifs is 1. The Bertz CT molecular complexity index is 379. The van der Waals surface area contributed by atoms with Crippen molar-refractivity contribution in [3.8, 4) is 0 Å². The molecule has 0 heterocycles. The third kappa shape index (κ3) is 2.26. The lowest BCUT2D eigenvalue weighted by atomic mass is 9.73. The van der Waals surface area contributed by atoms with Crippen LogP contribution in [0.15, 0.2) is 24.3 Å². The summed E-state index contributed by atoms with van der Waals surface area (Å²) < 4.78 is 0. The van der Waals surface area contributed by atoms with E-state index in [-0.39, 0.29) is 6.10 Å². The molecule has 1 aromatic carbocycles. The van der Waals surface area contributed by atoms with E-state index in [9.17, 15) is 5.11 Å². The standard InChI is InChI=1S/C16H22O/c17-16(10-9-12-5-1-2-6-12)15-11-13-7-3-4-8-14(13)15/h3-4,7-8,12,15-17H,1-2,5-6,9-11H2. The number of hydrogen-bond acceptors (Lipinski definition) is 1. The summed E-state index contributed by atoms with van der Waals surface area (Å²) >= 11 is 0. The number of benzene rings is 1. The van der Waals surface area contributed by atoms with Gasteiger partial charge in [-0.05, 0) is 36.3 Å². The Hall–Kier alpha value is -0.820. The minimum atomic E-state index is -0.106. The van der Waals surface area contributed by atoms with Crippen molar-refractivity contribution in [3.05, 3.63) is 35.4 Å². The Morgan fingerprint density at radius 2 is 1.94 bits per heavy atom. The summed E-state index contributed by atoms with van der Waals surface area (Å²) in [6.45, 7) is 0. The van der Waals surface area contributed by atoms with Crippen molar-refractivity contribution >= 4 is 0 Å². The molecule has 2 aliphatic rings. The van der Waals surface area contributed by atoms with E-state index in [0.717, 1.165) is 18.8 Å². The zero-order chi connectivity index (χ0) is 11.7. The Labute approximate surface area is 104 Å². The van der Waals surface area contributed by atoms with Gasteiger partial charge in [0, 0.05) is 5.92 Å². The van der Waals surface area contributed by atoms with Crippen molar-refractivity contribution in [3.63, 3.8) is 0 Å². The first-order valence-electron chi connectivity index (χ1n) is 7.10. The highest BCUT2D eigenvalue weighted by Crippen LogP contribution is 2.39. The van der Waals surface area contributed by atoms with Gasteiger partial charge in [-0.1, -0.05) is 49.9 Å². The molecule has 1 nitrogen and oxygen atoms in total. The molecule has 1 N–H and O–H groups in total. The van der Waals surface area contributed by atoms with E-state index in [1.807, 2.05) is 0 Å². The van der Waals surface area contributed by atoms with Crippen molar-refractivity contribution in [2.24, 2.45) is 5.92 Å². The van der Waals surface area contributed by atoms with Crippen molar-refractivity contribution in [1.29, 1.82) is 0 Å². The van der Waals surface area contributed by atoms with Gasteiger partial charge in [-0.3, -0.25) is 0 Å². The SMILES string of the molecule is OC(CCC1CCCC1)C1Cc2ccccc21. The molecule has 92 valence electrons. The van der Waals surface area contributed by atoms with Gasteiger partial charge in [-0.25, -0.2) is 0 Å². The van der Waals surface area contributed by atoms with E-state index >= 15 is 0 Å². The maximum Gasteiger partial charge on any atom is 0.0612 e. The van der Waals surface area contributed by atoms with Crippen LogP contribution in [-0.4, -0.2) is 11.2 Å². The van der Waals surface area contributed by atoms with Crippen LogP contribution in [0.2, 0.25) is 0 Å². The molecule has 17 heavy (non-hydrogen) atoms. The maximum atomic E-state index is 10.3. The molecular formula is C16H22O. The third-order valence-corrected chi connectivity index (χ3v) is 4.70. The molecule has 1 fully saturated rings. The molecule has 0 spiro atoms. The second-order valence-corrected chi connectivity index (χ2v) is 5.80. The molecular weight excluding hydrogens is 208 g/mol. The van der Waals surface area contributed by atoms with E-state index in [1.165, 1.54) is 43.2 Å². The Kier molecular flexibility index (Phi) is 3.19. The lowest BCUT2D eigenvalue weighted by Gasteiger charge is -2.34. The Morgan fingerprint density at radius 3 is 2.71 bits per heavy atom. The van der Waals surface area contributed by atoms with Crippen LogP contribution in [0.5, 0.6) is 0 Å². The van der Waals surface area contributed by atoms with Crippen LogP contribution in [0.25, 0.3) is 0 Å². The molecule has 1 saturated carbocycles. The molecule has 2 unspecified atom stereocenters. The van der Waals surface area contributed by atoms with Crippen molar-refractivity contribution in [1.82, 2.24) is 0 Å². The molecule has 0 aliphatic heterocycles. The highest BCUT2D eigenvalue weighted by molar-refractivity contribution is 5.40. The monoisotopic (exact) mass is 230 g/mol. The van der Waals surface area contributed by atoms with Crippen LogP contribution in [-0.2, 0) is 6.42 Å². The van der Waals surface area contributed by atoms with Gasteiger partial charge in [0.25, 0.3) is 0 Å². The fourth-order valence-corrected chi connectivity index (χ4v) is 3.55. The fourth-order valence-electron chi connectivity index (χ4n) is 3.55. The molecule has 2 aliphatic carbocycles. The highest BCUT2D eigenvalue weighted by atomic mass is 16.3. The van der Waals surface area contributed by atoms with Gasteiger partial charge in [-0.2, -0.15) is 0 Å². The summed E-state index contributed by atoms with van der Waals surface area (Å²) in [5.74, 6) is 1.33. The van der Waals surface area contributed by atoms with Gasteiger partial charge in [0.2, 0.25) is 0 Å². The normalized spacial score (nSPS) is 25.4. The predicted octanol–water partition coefficient (Wildman–Crippen LogP) is 3.66. The third-order valence-electron chi connectivity index (χ3n) is 4.70. The maximum absolute atomic E-state index is 10.3. The number of rotatable bonds is 4. The predicted molar refractivity (Wildman–Crippen MR) is 70.1 cm³/mol. The van der Waals surface area contributed by atoms with Gasteiger partial charge in [0.1, 0.15) is 0 Å². The molecule has 0 aromatic heterocycles. The fraction of sp³-hybridized carbons (Fsp3) is 0.625. The van der Waals surface area contributed by atoms with Gasteiger partial charge < -0.3 is 5.11 Å². The van der Waals surface area contributed by atoms with Gasteiger partial charge in [0.15, 0.2) is 0 Å². The number of aliphatic hydroxyl groups is 1. The van der Waals surface area contributed by atoms with E-state index in [0.29, 0.717) is 5.92 Å². The van der Waals surface area contributed by atoms with E-state index in [4.69, 9.17) is 0 Å². The van der Waals surface area contributed by atoms with Gasteiger partial charge in [-0.15, -0.1) is 0 Å². The molecule has 0 amide bonds. The lowest BCUT2D eigenvalue weighted by molar-refractivity contribution is 0.116. The second-order valence-electron chi connectivity index (χ2n) is 5.80. The molecule has 1 aromatic rings. The zero-order valence-electron chi connectivity index (χ0n) is 10.4. The number of aliphatic hydroxyl groups excluding tert-OH is 1. The summed E-state index contributed by atoms with van der Waals surface area (Å²) in [7, 11) is 0. The Morgan fingerprint density at radius 1 is 1.18 bits per heavy atom.